The molecule has 0 saturated heterocycles. The highest BCUT2D eigenvalue weighted by molar-refractivity contribution is 6.48. The van der Waals surface area contributed by atoms with Crippen LogP contribution in [0.1, 0.15) is 10.4 Å². The SMILES string of the molecule is O=C(Nc1cc(Cl)c(Cl)c(Cl)c1)c1ccccc1O.O=C(Nc1ccc(Cl)cc1)Nc1ccc(Cl)c(Cl)c1. The molecule has 4 aromatic carbocycles. The molecular weight excluding hydrogens is 615 g/mol. The van der Waals surface area contributed by atoms with E-state index in [0.29, 0.717) is 32.1 Å². The molecule has 0 atom stereocenters. The lowest BCUT2D eigenvalue weighted by molar-refractivity contribution is 0.102. The summed E-state index contributed by atoms with van der Waals surface area (Å²) in [6, 6.07) is 20.4. The van der Waals surface area contributed by atoms with Gasteiger partial charge < -0.3 is 21.1 Å². The molecule has 0 aliphatic rings. The van der Waals surface area contributed by atoms with Crippen LogP contribution in [0.15, 0.2) is 78.9 Å². The van der Waals surface area contributed by atoms with Crippen LogP contribution in [0.2, 0.25) is 30.1 Å². The average molecular weight is 632 g/mol. The molecule has 4 rings (SSSR count). The molecule has 0 radical (unpaired) electrons. The van der Waals surface area contributed by atoms with Gasteiger partial charge in [0.15, 0.2) is 0 Å². The van der Waals surface area contributed by atoms with Crippen molar-refractivity contribution in [3.63, 3.8) is 0 Å². The maximum atomic E-state index is 12.0. The van der Waals surface area contributed by atoms with Crippen LogP contribution in [0, 0.1) is 0 Å². The number of halogens is 6. The number of carbonyl (C=O) groups excluding carboxylic acids is 2. The van der Waals surface area contributed by atoms with E-state index in [1.54, 1.807) is 54.6 Å². The monoisotopic (exact) mass is 629 g/mol. The van der Waals surface area contributed by atoms with Crippen LogP contribution in [0.5, 0.6) is 5.75 Å². The highest BCUT2D eigenvalue weighted by Gasteiger charge is 2.12. The predicted octanol–water partition coefficient (Wildman–Crippen LogP) is 9.90. The number of amides is 3. The van der Waals surface area contributed by atoms with Crippen LogP contribution < -0.4 is 16.0 Å². The second kappa shape index (κ2) is 13.8. The van der Waals surface area contributed by atoms with Crippen LogP contribution in [-0.4, -0.2) is 17.0 Å². The van der Waals surface area contributed by atoms with E-state index in [2.05, 4.69) is 16.0 Å². The number of nitrogens with one attached hydrogen (secondary N) is 3. The van der Waals surface area contributed by atoms with Crippen LogP contribution in [0.4, 0.5) is 21.9 Å². The van der Waals surface area contributed by atoms with Gasteiger partial charge in [-0.1, -0.05) is 81.7 Å². The zero-order valence-corrected chi connectivity index (χ0v) is 23.6. The second-order valence-corrected chi connectivity index (χ2v) is 9.88. The molecule has 0 heterocycles. The van der Waals surface area contributed by atoms with E-state index in [1.807, 2.05) is 0 Å². The van der Waals surface area contributed by atoms with Crippen LogP contribution in [-0.2, 0) is 0 Å². The number of rotatable bonds is 4. The molecular formula is C26H17Cl6N3O3. The van der Waals surface area contributed by atoms with E-state index in [0.717, 1.165) is 0 Å². The molecule has 4 aromatic rings. The topological polar surface area (TPSA) is 90.5 Å². The van der Waals surface area contributed by atoms with Gasteiger partial charge in [-0.3, -0.25) is 4.79 Å². The molecule has 4 N–H and O–H groups in total. The number of para-hydroxylation sites is 1. The van der Waals surface area contributed by atoms with Crippen molar-refractivity contribution in [3.8, 4) is 5.75 Å². The Morgan fingerprint density at radius 2 is 1.13 bits per heavy atom. The van der Waals surface area contributed by atoms with Gasteiger partial charge >= 0.3 is 6.03 Å². The van der Waals surface area contributed by atoms with E-state index in [9.17, 15) is 14.7 Å². The standard InChI is InChI=1S/C13H9Cl3N2O.C13H8Cl3NO2/c14-8-1-3-9(4-2-8)17-13(19)18-10-5-6-11(15)12(16)7-10;14-9-5-7(6-10(15)12(9)16)17-13(19)8-3-1-2-4-11(8)18/h1-7H,(H2,17,18,19);1-6,18H,(H,17,19). The maximum Gasteiger partial charge on any atom is 0.323 e. The van der Waals surface area contributed by atoms with E-state index in [4.69, 9.17) is 69.6 Å². The first-order valence-corrected chi connectivity index (χ1v) is 12.8. The third-order valence-electron chi connectivity index (χ3n) is 4.67. The molecule has 38 heavy (non-hydrogen) atoms. The van der Waals surface area contributed by atoms with Gasteiger partial charge in [0.05, 0.1) is 30.7 Å². The average Bonchev–Trinajstić information content (AvgIpc) is 2.87. The molecule has 6 nitrogen and oxygen atoms in total. The minimum atomic E-state index is -0.465. The summed E-state index contributed by atoms with van der Waals surface area (Å²) < 4.78 is 0. The number of phenols is 1. The largest absolute Gasteiger partial charge is 0.507 e. The fraction of sp³-hybridized carbons (Fsp3) is 0. The summed E-state index contributed by atoms with van der Waals surface area (Å²) >= 11 is 34.9. The van der Waals surface area contributed by atoms with E-state index in [1.165, 1.54) is 24.3 Å². The Bertz CT molecular complexity index is 1440. The molecule has 0 aliphatic heterocycles. The van der Waals surface area contributed by atoms with Gasteiger partial charge in [-0.05, 0) is 66.7 Å². The zero-order chi connectivity index (χ0) is 27.8. The summed E-state index contributed by atoms with van der Waals surface area (Å²) in [4.78, 5) is 23.7. The highest BCUT2D eigenvalue weighted by atomic mass is 35.5. The minimum absolute atomic E-state index is 0.105. The summed E-state index contributed by atoms with van der Waals surface area (Å²) in [5.41, 5.74) is 1.75. The smallest absolute Gasteiger partial charge is 0.323 e. The number of benzene rings is 4. The molecule has 0 fully saturated rings. The summed E-state index contributed by atoms with van der Waals surface area (Å²) in [6.45, 7) is 0. The van der Waals surface area contributed by atoms with Crippen molar-refractivity contribution in [2.24, 2.45) is 0 Å². The maximum absolute atomic E-state index is 12.0. The number of carbonyl (C=O) groups is 2. The predicted molar refractivity (Wildman–Crippen MR) is 158 cm³/mol. The second-order valence-electron chi connectivity index (χ2n) is 7.44. The normalized spacial score (nSPS) is 10.2. The highest BCUT2D eigenvalue weighted by Crippen LogP contribution is 2.33. The summed E-state index contributed by atoms with van der Waals surface area (Å²) in [7, 11) is 0. The Morgan fingerprint density at radius 1 is 0.579 bits per heavy atom. The Hall–Kier alpha value is -2.84. The summed E-state index contributed by atoms with van der Waals surface area (Å²) in [6.07, 6.45) is 0. The molecule has 0 bridgehead atoms. The Morgan fingerprint density at radius 3 is 1.74 bits per heavy atom. The van der Waals surface area contributed by atoms with Gasteiger partial charge in [-0.15, -0.1) is 0 Å². The quantitative estimate of drug-likeness (QED) is 0.169. The first-order valence-electron chi connectivity index (χ1n) is 10.6. The molecule has 0 aliphatic carbocycles. The molecule has 3 amide bonds. The first kappa shape index (κ1) is 29.7. The van der Waals surface area contributed by atoms with E-state index in [-0.39, 0.29) is 32.4 Å². The molecule has 12 heteroatoms. The number of hydrogen-bond acceptors (Lipinski definition) is 3. The van der Waals surface area contributed by atoms with Gasteiger partial charge in [0.25, 0.3) is 5.91 Å². The van der Waals surface area contributed by atoms with Gasteiger partial charge in [0.2, 0.25) is 0 Å². The summed E-state index contributed by atoms with van der Waals surface area (Å²) in [5.74, 6) is -0.571. The van der Waals surface area contributed by atoms with Crippen molar-refractivity contribution in [1.29, 1.82) is 0 Å². The van der Waals surface area contributed by atoms with Gasteiger partial charge in [0.1, 0.15) is 5.75 Å². The lowest BCUT2D eigenvalue weighted by Crippen LogP contribution is -2.19. The Kier molecular flexibility index (Phi) is 10.8. The van der Waals surface area contributed by atoms with Crippen molar-refractivity contribution in [3.05, 3.63) is 115 Å². The van der Waals surface area contributed by atoms with Crippen LogP contribution >= 0.6 is 69.6 Å². The third kappa shape index (κ3) is 8.60. The molecule has 0 unspecified atom stereocenters. The molecule has 0 aromatic heterocycles. The lowest BCUT2D eigenvalue weighted by atomic mass is 10.2. The molecule has 0 saturated carbocycles. The van der Waals surface area contributed by atoms with Crippen LogP contribution in [0.25, 0.3) is 0 Å². The van der Waals surface area contributed by atoms with E-state index < -0.39 is 5.91 Å². The number of urea groups is 1. The Labute approximate surface area is 248 Å². The number of anilines is 3. The Balaban J connectivity index is 0.000000211. The van der Waals surface area contributed by atoms with Crippen LogP contribution in [0.3, 0.4) is 0 Å². The molecule has 196 valence electrons. The van der Waals surface area contributed by atoms with E-state index >= 15 is 0 Å². The third-order valence-corrected chi connectivity index (χ3v) is 6.86. The van der Waals surface area contributed by atoms with Gasteiger partial charge in [-0.25, -0.2) is 4.79 Å². The minimum Gasteiger partial charge on any atom is -0.507 e. The van der Waals surface area contributed by atoms with Crippen molar-refractivity contribution < 1.29 is 14.7 Å². The number of phenolic OH excluding ortho intramolecular Hbond substituents is 1. The van der Waals surface area contributed by atoms with Gasteiger partial charge in [0, 0.05) is 22.1 Å². The van der Waals surface area contributed by atoms with Crippen molar-refractivity contribution in [2.45, 2.75) is 0 Å². The fourth-order valence-electron chi connectivity index (χ4n) is 2.89. The summed E-state index contributed by atoms with van der Waals surface area (Å²) in [5, 5.41) is 19.6. The number of aromatic hydroxyl groups is 1. The van der Waals surface area contributed by atoms with Crippen molar-refractivity contribution in [2.75, 3.05) is 16.0 Å². The first-order chi connectivity index (χ1) is 18.0. The van der Waals surface area contributed by atoms with Crippen molar-refractivity contribution >= 4 is 98.6 Å². The fourth-order valence-corrected chi connectivity index (χ4v) is 3.91. The lowest BCUT2D eigenvalue weighted by Gasteiger charge is -2.08. The number of hydrogen-bond donors (Lipinski definition) is 4. The van der Waals surface area contributed by atoms with Gasteiger partial charge in [-0.2, -0.15) is 0 Å². The van der Waals surface area contributed by atoms with Crippen molar-refractivity contribution in [1.82, 2.24) is 0 Å². The zero-order valence-electron chi connectivity index (χ0n) is 19.0. The molecule has 0 spiro atoms.